The lowest BCUT2D eigenvalue weighted by Crippen LogP contribution is -2.60. The molecule has 0 aromatic heterocycles. The second-order valence-corrected chi connectivity index (χ2v) is 2.34. The lowest BCUT2D eigenvalue weighted by atomic mass is 10.0. The number of hydrogen-bond acceptors (Lipinski definition) is 2. The number of likely N-dealkylation sites (N-methyl/N-ethyl adjacent to an activating group) is 1. The van der Waals surface area contributed by atoms with Crippen LogP contribution in [0.15, 0.2) is 0 Å². The molecule has 2 atom stereocenters. The molecule has 0 radical (unpaired) electrons. The Morgan fingerprint density at radius 1 is 1.62 bits per heavy atom. The average Bonchev–Trinajstić information content (AvgIpc) is 1.68. The van der Waals surface area contributed by atoms with Crippen LogP contribution in [0.1, 0.15) is 6.92 Å². The SMILES string of the molecule is C[C@H]1[C@@H](N)CN1C.Cl. The topological polar surface area (TPSA) is 29.3 Å². The van der Waals surface area contributed by atoms with Crippen LogP contribution in [0.25, 0.3) is 0 Å². The maximum Gasteiger partial charge on any atom is 0.0323 e. The molecule has 3 heteroatoms. The molecule has 1 aliphatic rings. The minimum atomic E-state index is 0. The lowest BCUT2D eigenvalue weighted by Gasteiger charge is -2.41. The average molecular weight is 137 g/mol. The summed E-state index contributed by atoms with van der Waals surface area (Å²) in [5, 5.41) is 0. The Morgan fingerprint density at radius 3 is 2.12 bits per heavy atom. The van der Waals surface area contributed by atoms with E-state index in [1.54, 1.807) is 0 Å². The van der Waals surface area contributed by atoms with E-state index >= 15 is 0 Å². The van der Waals surface area contributed by atoms with Gasteiger partial charge in [0.05, 0.1) is 0 Å². The van der Waals surface area contributed by atoms with Gasteiger partial charge in [0.15, 0.2) is 0 Å². The minimum Gasteiger partial charge on any atom is -0.325 e. The number of nitrogens with zero attached hydrogens (tertiary/aromatic N) is 1. The normalized spacial score (nSPS) is 37.9. The summed E-state index contributed by atoms with van der Waals surface area (Å²) in [6.45, 7) is 3.22. The molecule has 0 unspecified atom stereocenters. The predicted octanol–water partition coefficient (Wildman–Crippen LogP) is 0.0694. The summed E-state index contributed by atoms with van der Waals surface area (Å²) in [5.74, 6) is 0. The molecule has 1 saturated heterocycles. The number of nitrogens with two attached hydrogens (primary N) is 1. The van der Waals surface area contributed by atoms with Crippen LogP contribution >= 0.6 is 12.4 Å². The molecular weight excluding hydrogens is 124 g/mol. The number of hydrogen-bond donors (Lipinski definition) is 1. The Balaban J connectivity index is 0.000000490. The van der Waals surface area contributed by atoms with Crippen molar-refractivity contribution in [1.29, 1.82) is 0 Å². The predicted molar refractivity (Wildman–Crippen MR) is 37.3 cm³/mol. The van der Waals surface area contributed by atoms with Gasteiger partial charge in [-0.25, -0.2) is 0 Å². The lowest BCUT2D eigenvalue weighted by molar-refractivity contribution is 0.109. The smallest absolute Gasteiger partial charge is 0.0323 e. The first kappa shape index (κ1) is 8.21. The zero-order valence-corrected chi connectivity index (χ0v) is 6.11. The Kier molecular flexibility index (Phi) is 2.74. The van der Waals surface area contributed by atoms with Crippen LogP contribution in [0, 0.1) is 0 Å². The van der Waals surface area contributed by atoms with Gasteiger partial charge in [0, 0.05) is 18.6 Å². The molecule has 1 heterocycles. The van der Waals surface area contributed by atoms with Gasteiger partial charge in [0.1, 0.15) is 0 Å². The summed E-state index contributed by atoms with van der Waals surface area (Å²) in [4.78, 5) is 2.24. The molecule has 0 amide bonds. The maximum atomic E-state index is 5.57. The third-order valence-corrected chi connectivity index (χ3v) is 1.81. The third kappa shape index (κ3) is 1.13. The molecule has 1 aliphatic heterocycles. The van der Waals surface area contributed by atoms with Crippen LogP contribution in [0.4, 0.5) is 0 Å². The van der Waals surface area contributed by atoms with Crippen molar-refractivity contribution in [2.24, 2.45) is 5.73 Å². The number of rotatable bonds is 0. The van der Waals surface area contributed by atoms with Crippen LogP contribution in [0.3, 0.4) is 0 Å². The molecule has 8 heavy (non-hydrogen) atoms. The highest BCUT2D eigenvalue weighted by Crippen LogP contribution is 2.10. The first-order valence-electron chi connectivity index (χ1n) is 2.67. The van der Waals surface area contributed by atoms with Crippen molar-refractivity contribution >= 4 is 12.4 Å². The zero-order valence-electron chi connectivity index (χ0n) is 5.29. The van der Waals surface area contributed by atoms with Gasteiger partial charge in [-0.1, -0.05) is 0 Å². The summed E-state index contributed by atoms with van der Waals surface area (Å²) >= 11 is 0. The van der Waals surface area contributed by atoms with E-state index in [0.717, 1.165) is 6.54 Å². The van der Waals surface area contributed by atoms with Gasteiger partial charge in [0.2, 0.25) is 0 Å². The zero-order chi connectivity index (χ0) is 5.44. The Hall–Kier alpha value is 0.210. The van der Waals surface area contributed by atoms with E-state index in [1.165, 1.54) is 0 Å². The van der Waals surface area contributed by atoms with E-state index in [9.17, 15) is 0 Å². The molecule has 0 saturated carbocycles. The fraction of sp³-hybridized carbons (Fsp3) is 1.00. The van der Waals surface area contributed by atoms with Crippen LogP contribution in [-0.4, -0.2) is 30.6 Å². The van der Waals surface area contributed by atoms with Crippen molar-refractivity contribution in [2.75, 3.05) is 13.6 Å². The largest absolute Gasteiger partial charge is 0.325 e. The molecule has 1 rings (SSSR count). The van der Waals surface area contributed by atoms with Crippen molar-refractivity contribution in [3.63, 3.8) is 0 Å². The summed E-state index contributed by atoms with van der Waals surface area (Å²) in [6, 6.07) is 1.05. The Labute approximate surface area is 56.4 Å². The molecule has 0 aromatic carbocycles. The van der Waals surface area contributed by atoms with E-state index in [4.69, 9.17) is 5.73 Å². The first-order chi connectivity index (χ1) is 3.22. The van der Waals surface area contributed by atoms with Crippen LogP contribution in [0.2, 0.25) is 0 Å². The quantitative estimate of drug-likeness (QED) is 0.511. The molecule has 2 N–H and O–H groups in total. The second kappa shape index (κ2) is 2.67. The van der Waals surface area contributed by atoms with Gasteiger partial charge in [-0.15, -0.1) is 12.4 Å². The second-order valence-electron chi connectivity index (χ2n) is 2.34. The molecule has 2 nitrogen and oxygen atoms in total. The van der Waals surface area contributed by atoms with E-state index < -0.39 is 0 Å². The molecule has 50 valence electrons. The van der Waals surface area contributed by atoms with Gasteiger partial charge in [-0.05, 0) is 14.0 Å². The molecule has 1 fully saturated rings. The van der Waals surface area contributed by atoms with Crippen LogP contribution in [-0.2, 0) is 0 Å². The van der Waals surface area contributed by atoms with Crippen molar-refractivity contribution in [2.45, 2.75) is 19.0 Å². The first-order valence-corrected chi connectivity index (χ1v) is 2.67. The Morgan fingerprint density at radius 2 is 2.12 bits per heavy atom. The molecule has 0 aliphatic carbocycles. The van der Waals surface area contributed by atoms with Crippen molar-refractivity contribution in [3.8, 4) is 0 Å². The van der Waals surface area contributed by atoms with Gasteiger partial charge in [-0.2, -0.15) is 0 Å². The van der Waals surface area contributed by atoms with E-state index in [0.29, 0.717) is 12.1 Å². The highest BCUT2D eigenvalue weighted by molar-refractivity contribution is 5.85. The summed E-state index contributed by atoms with van der Waals surface area (Å²) in [6.07, 6.45) is 0. The highest BCUT2D eigenvalue weighted by Gasteiger charge is 2.28. The molecular formula is C5H13ClN2. The van der Waals surface area contributed by atoms with Gasteiger partial charge >= 0.3 is 0 Å². The van der Waals surface area contributed by atoms with Gasteiger partial charge < -0.3 is 10.6 Å². The van der Waals surface area contributed by atoms with Crippen molar-refractivity contribution in [1.82, 2.24) is 4.90 Å². The van der Waals surface area contributed by atoms with Crippen LogP contribution in [0.5, 0.6) is 0 Å². The molecule has 0 bridgehead atoms. The number of likely N-dealkylation sites (tertiary alicyclic amines) is 1. The van der Waals surface area contributed by atoms with E-state index in [-0.39, 0.29) is 12.4 Å². The van der Waals surface area contributed by atoms with E-state index in [2.05, 4.69) is 18.9 Å². The summed E-state index contributed by atoms with van der Waals surface area (Å²) in [7, 11) is 2.09. The number of halogens is 1. The monoisotopic (exact) mass is 136 g/mol. The van der Waals surface area contributed by atoms with Gasteiger partial charge in [-0.3, -0.25) is 0 Å². The fourth-order valence-electron chi connectivity index (χ4n) is 0.840. The van der Waals surface area contributed by atoms with Gasteiger partial charge in [0.25, 0.3) is 0 Å². The fourth-order valence-corrected chi connectivity index (χ4v) is 0.840. The third-order valence-electron chi connectivity index (χ3n) is 1.81. The van der Waals surface area contributed by atoms with Crippen molar-refractivity contribution < 1.29 is 0 Å². The van der Waals surface area contributed by atoms with E-state index in [1.807, 2.05) is 0 Å². The maximum absolute atomic E-state index is 5.57. The highest BCUT2D eigenvalue weighted by atomic mass is 35.5. The van der Waals surface area contributed by atoms with Crippen LogP contribution < -0.4 is 5.73 Å². The molecule has 0 aromatic rings. The molecule has 0 spiro atoms. The summed E-state index contributed by atoms with van der Waals surface area (Å²) in [5.41, 5.74) is 5.57. The summed E-state index contributed by atoms with van der Waals surface area (Å²) < 4.78 is 0. The minimum absolute atomic E-state index is 0. The van der Waals surface area contributed by atoms with Crippen molar-refractivity contribution in [3.05, 3.63) is 0 Å². The Bertz CT molecular complexity index is 68.8. The standard InChI is InChI=1S/C5H12N2.ClH/c1-4-5(6)3-7(4)2;/h4-5H,3,6H2,1-2H3;1H/t4-,5-;/m0./s1.